The highest BCUT2D eigenvalue weighted by Crippen LogP contribution is 2.33. The number of ether oxygens (including phenoxy) is 2. The van der Waals surface area contributed by atoms with Crippen LogP contribution in [-0.4, -0.2) is 30.3 Å². The summed E-state index contributed by atoms with van der Waals surface area (Å²) in [7, 11) is 0. The molecule has 0 amide bonds. The Labute approximate surface area is 125 Å². The van der Waals surface area contributed by atoms with Crippen LogP contribution in [-0.2, 0) is 11.3 Å². The molecule has 0 fully saturated rings. The topological polar surface area (TPSA) is 67.8 Å². The number of carboxylic acids is 1. The summed E-state index contributed by atoms with van der Waals surface area (Å²) < 4.78 is 11.4. The molecule has 5 nitrogen and oxygen atoms in total. The van der Waals surface area contributed by atoms with Crippen molar-refractivity contribution in [2.45, 2.75) is 45.2 Å². The first-order valence-electron chi connectivity index (χ1n) is 7.56. The second-order valence-electron chi connectivity index (χ2n) is 5.21. The van der Waals surface area contributed by atoms with Crippen LogP contribution in [0.3, 0.4) is 0 Å². The van der Waals surface area contributed by atoms with E-state index in [2.05, 4.69) is 12.2 Å². The summed E-state index contributed by atoms with van der Waals surface area (Å²) in [6.07, 6.45) is 3.38. The molecule has 0 saturated carbocycles. The van der Waals surface area contributed by atoms with Crippen molar-refractivity contribution >= 4 is 5.97 Å². The Kier molecular flexibility index (Phi) is 5.87. The summed E-state index contributed by atoms with van der Waals surface area (Å²) in [5.41, 5.74) is 0.942. The number of rotatable bonds is 7. The summed E-state index contributed by atoms with van der Waals surface area (Å²) in [5, 5.41) is 12.3. The molecule has 1 aliphatic heterocycles. The average Bonchev–Trinajstić information content (AvgIpc) is 2.72. The second-order valence-corrected chi connectivity index (χ2v) is 5.21. The number of benzene rings is 1. The van der Waals surface area contributed by atoms with Crippen LogP contribution in [0.5, 0.6) is 11.5 Å². The fourth-order valence-electron chi connectivity index (χ4n) is 2.35. The molecule has 0 radical (unpaired) electrons. The van der Waals surface area contributed by atoms with Gasteiger partial charge in [-0.2, -0.15) is 0 Å². The van der Waals surface area contributed by atoms with Gasteiger partial charge in [0, 0.05) is 18.5 Å². The lowest BCUT2D eigenvalue weighted by Crippen LogP contribution is -2.36. The molecule has 116 valence electrons. The number of hydrogen-bond donors (Lipinski definition) is 2. The van der Waals surface area contributed by atoms with E-state index < -0.39 is 12.0 Å². The average molecular weight is 293 g/mol. The molecule has 1 aromatic carbocycles. The third-order valence-electron chi connectivity index (χ3n) is 3.54. The lowest BCUT2D eigenvalue weighted by Gasteiger charge is -2.17. The van der Waals surface area contributed by atoms with Crippen LogP contribution in [0.4, 0.5) is 0 Å². The largest absolute Gasteiger partial charge is 0.490 e. The minimum atomic E-state index is -0.803. The van der Waals surface area contributed by atoms with E-state index in [1.807, 2.05) is 18.2 Å². The molecule has 1 heterocycles. The lowest BCUT2D eigenvalue weighted by atomic mass is 10.1. The molecule has 2 N–H and O–H groups in total. The molecule has 2 rings (SSSR count). The SMILES string of the molecule is CCCCC(NCc1cccc2c1OCCCO2)C(=O)O. The van der Waals surface area contributed by atoms with Gasteiger partial charge in [0.05, 0.1) is 13.2 Å². The lowest BCUT2D eigenvalue weighted by molar-refractivity contribution is -0.139. The molecule has 1 aromatic rings. The Hall–Kier alpha value is -1.75. The van der Waals surface area contributed by atoms with E-state index >= 15 is 0 Å². The van der Waals surface area contributed by atoms with Crippen molar-refractivity contribution in [3.8, 4) is 11.5 Å². The highest BCUT2D eigenvalue weighted by molar-refractivity contribution is 5.73. The minimum Gasteiger partial charge on any atom is -0.490 e. The Morgan fingerprint density at radius 1 is 1.38 bits per heavy atom. The molecular weight excluding hydrogens is 270 g/mol. The van der Waals surface area contributed by atoms with Gasteiger partial charge in [-0.1, -0.05) is 31.9 Å². The minimum absolute atomic E-state index is 0.465. The predicted molar refractivity (Wildman–Crippen MR) is 79.8 cm³/mol. The third kappa shape index (κ3) is 4.36. The second kappa shape index (κ2) is 7.88. The molecule has 21 heavy (non-hydrogen) atoms. The third-order valence-corrected chi connectivity index (χ3v) is 3.54. The number of hydrogen-bond acceptors (Lipinski definition) is 4. The van der Waals surface area contributed by atoms with Crippen molar-refractivity contribution in [3.05, 3.63) is 23.8 Å². The van der Waals surface area contributed by atoms with Gasteiger partial charge < -0.3 is 19.9 Å². The molecule has 5 heteroatoms. The summed E-state index contributed by atoms with van der Waals surface area (Å²) in [5.74, 6) is 0.678. The van der Waals surface area contributed by atoms with Gasteiger partial charge in [0.15, 0.2) is 11.5 Å². The van der Waals surface area contributed by atoms with Crippen LogP contribution >= 0.6 is 0 Å². The number of carboxylic acid groups (broad SMARTS) is 1. The first kappa shape index (κ1) is 15.6. The van der Waals surface area contributed by atoms with E-state index in [4.69, 9.17) is 9.47 Å². The molecule has 0 aliphatic carbocycles. The molecular formula is C16H23NO4. The Morgan fingerprint density at radius 3 is 2.95 bits per heavy atom. The molecule has 1 unspecified atom stereocenters. The molecule has 0 saturated heterocycles. The van der Waals surface area contributed by atoms with Crippen LogP contribution in [0.15, 0.2) is 18.2 Å². The van der Waals surface area contributed by atoms with Crippen molar-refractivity contribution in [1.82, 2.24) is 5.32 Å². The molecule has 0 spiro atoms. The van der Waals surface area contributed by atoms with Gasteiger partial charge in [0.25, 0.3) is 0 Å². The maximum absolute atomic E-state index is 11.3. The first-order valence-corrected chi connectivity index (χ1v) is 7.56. The number of para-hydroxylation sites is 1. The molecule has 0 bridgehead atoms. The fourth-order valence-corrected chi connectivity index (χ4v) is 2.35. The van der Waals surface area contributed by atoms with Crippen LogP contribution in [0, 0.1) is 0 Å². The van der Waals surface area contributed by atoms with E-state index in [-0.39, 0.29) is 0 Å². The zero-order valence-electron chi connectivity index (χ0n) is 12.4. The first-order chi connectivity index (χ1) is 10.2. The zero-order valence-corrected chi connectivity index (χ0v) is 12.4. The van der Waals surface area contributed by atoms with Crippen molar-refractivity contribution in [3.63, 3.8) is 0 Å². The Balaban J connectivity index is 2.03. The van der Waals surface area contributed by atoms with Gasteiger partial charge in [-0.3, -0.25) is 4.79 Å². The normalized spacial score (nSPS) is 15.3. The van der Waals surface area contributed by atoms with E-state index in [1.165, 1.54) is 0 Å². The summed E-state index contributed by atoms with van der Waals surface area (Å²) >= 11 is 0. The highest BCUT2D eigenvalue weighted by atomic mass is 16.5. The maximum atomic E-state index is 11.3. The quantitative estimate of drug-likeness (QED) is 0.808. The monoisotopic (exact) mass is 293 g/mol. The van der Waals surface area contributed by atoms with Crippen LogP contribution in [0.2, 0.25) is 0 Å². The van der Waals surface area contributed by atoms with E-state index in [9.17, 15) is 9.90 Å². The predicted octanol–water partition coefficient (Wildman–Crippen LogP) is 2.58. The van der Waals surface area contributed by atoms with Crippen LogP contribution in [0.1, 0.15) is 38.2 Å². The zero-order chi connectivity index (χ0) is 15.1. The summed E-state index contributed by atoms with van der Waals surface area (Å²) in [6.45, 7) is 3.80. The smallest absolute Gasteiger partial charge is 0.320 e. The Bertz CT molecular complexity index is 475. The van der Waals surface area contributed by atoms with Gasteiger partial charge in [-0.25, -0.2) is 0 Å². The van der Waals surface area contributed by atoms with Crippen molar-refractivity contribution in [2.75, 3.05) is 13.2 Å². The number of aliphatic carboxylic acids is 1. The molecule has 1 aliphatic rings. The summed E-state index contributed by atoms with van der Waals surface area (Å²) in [4.78, 5) is 11.3. The molecule has 1 atom stereocenters. The number of fused-ring (bicyclic) bond motifs is 1. The van der Waals surface area contributed by atoms with Gasteiger partial charge in [0.1, 0.15) is 6.04 Å². The highest BCUT2D eigenvalue weighted by Gasteiger charge is 2.19. The maximum Gasteiger partial charge on any atom is 0.320 e. The van der Waals surface area contributed by atoms with Gasteiger partial charge in [-0.05, 0) is 12.5 Å². The van der Waals surface area contributed by atoms with Crippen molar-refractivity contribution in [2.24, 2.45) is 0 Å². The number of unbranched alkanes of at least 4 members (excludes halogenated alkanes) is 1. The Morgan fingerprint density at radius 2 is 2.19 bits per heavy atom. The standard InChI is InChI=1S/C16H23NO4/c1-2-3-7-13(16(18)19)17-11-12-6-4-8-14-15(12)21-10-5-9-20-14/h4,6,8,13,17H,2-3,5,7,9-11H2,1H3,(H,18,19). The van der Waals surface area contributed by atoms with Gasteiger partial charge >= 0.3 is 5.97 Å². The number of carbonyl (C=O) groups is 1. The summed E-state index contributed by atoms with van der Waals surface area (Å²) in [6, 6.07) is 5.22. The van der Waals surface area contributed by atoms with Crippen molar-refractivity contribution in [1.29, 1.82) is 0 Å². The van der Waals surface area contributed by atoms with Crippen LogP contribution < -0.4 is 14.8 Å². The molecule has 0 aromatic heterocycles. The van der Waals surface area contributed by atoms with Crippen LogP contribution in [0.25, 0.3) is 0 Å². The van der Waals surface area contributed by atoms with Gasteiger partial charge in [0.2, 0.25) is 0 Å². The fraction of sp³-hybridized carbons (Fsp3) is 0.562. The van der Waals surface area contributed by atoms with Gasteiger partial charge in [-0.15, -0.1) is 0 Å². The van der Waals surface area contributed by atoms with E-state index in [1.54, 1.807) is 0 Å². The van der Waals surface area contributed by atoms with Crippen molar-refractivity contribution < 1.29 is 19.4 Å². The number of nitrogens with one attached hydrogen (secondary N) is 1. The van der Waals surface area contributed by atoms with E-state index in [0.717, 1.165) is 36.3 Å². The van der Waals surface area contributed by atoms with E-state index in [0.29, 0.717) is 26.2 Å².